The number of hydrogen-bond acceptors (Lipinski definition) is 6. The van der Waals surface area contributed by atoms with Crippen molar-refractivity contribution in [2.24, 2.45) is 0 Å². The number of benzene rings is 2. The van der Waals surface area contributed by atoms with E-state index in [1.807, 2.05) is 12.1 Å². The third kappa shape index (κ3) is 4.91. The molecular formula is C22H21F3N4O3. The van der Waals surface area contributed by atoms with Crippen LogP contribution in [0.1, 0.15) is 21.7 Å². The maximum atomic E-state index is 12.9. The van der Waals surface area contributed by atoms with Gasteiger partial charge in [-0.2, -0.15) is 18.2 Å². The largest absolute Gasteiger partial charge is 0.497 e. The number of ether oxygens (including phenoxy) is 1. The number of aromatic nitrogens is 2. The molecule has 32 heavy (non-hydrogen) atoms. The number of hydrogen-bond donors (Lipinski definition) is 0. The number of amides is 1. The van der Waals surface area contributed by atoms with Gasteiger partial charge in [-0.3, -0.25) is 9.69 Å². The summed E-state index contributed by atoms with van der Waals surface area (Å²) in [6.45, 7) is 2.36. The Labute approximate surface area is 182 Å². The summed E-state index contributed by atoms with van der Waals surface area (Å²) >= 11 is 0. The molecule has 0 radical (unpaired) electrons. The average molecular weight is 446 g/mol. The van der Waals surface area contributed by atoms with E-state index >= 15 is 0 Å². The zero-order valence-electron chi connectivity index (χ0n) is 17.3. The highest BCUT2D eigenvalue weighted by molar-refractivity contribution is 5.94. The van der Waals surface area contributed by atoms with E-state index in [0.29, 0.717) is 44.4 Å². The Morgan fingerprint density at radius 2 is 1.81 bits per heavy atom. The lowest BCUT2D eigenvalue weighted by Crippen LogP contribution is -2.48. The first-order valence-corrected chi connectivity index (χ1v) is 9.99. The Balaban J connectivity index is 1.33. The van der Waals surface area contributed by atoms with E-state index in [9.17, 15) is 18.0 Å². The summed E-state index contributed by atoms with van der Waals surface area (Å²) < 4.78 is 49.2. The van der Waals surface area contributed by atoms with Crippen LogP contribution in [0.15, 0.2) is 53.1 Å². The lowest BCUT2D eigenvalue weighted by atomic mass is 10.1. The lowest BCUT2D eigenvalue weighted by Gasteiger charge is -2.34. The number of methoxy groups -OCH3 is 1. The van der Waals surface area contributed by atoms with Gasteiger partial charge in [-0.05, 0) is 42.5 Å². The van der Waals surface area contributed by atoms with E-state index in [4.69, 9.17) is 9.26 Å². The van der Waals surface area contributed by atoms with Crippen molar-refractivity contribution in [2.45, 2.75) is 12.7 Å². The summed E-state index contributed by atoms with van der Waals surface area (Å²) in [7, 11) is 1.59. The van der Waals surface area contributed by atoms with Crippen molar-refractivity contribution in [2.75, 3.05) is 33.3 Å². The van der Waals surface area contributed by atoms with Crippen LogP contribution in [-0.2, 0) is 12.7 Å². The third-order valence-corrected chi connectivity index (χ3v) is 5.27. The van der Waals surface area contributed by atoms with Crippen molar-refractivity contribution in [1.82, 2.24) is 19.9 Å². The van der Waals surface area contributed by atoms with Gasteiger partial charge in [-0.15, -0.1) is 0 Å². The Kier molecular flexibility index (Phi) is 6.13. The van der Waals surface area contributed by atoms with Crippen molar-refractivity contribution < 1.29 is 27.2 Å². The van der Waals surface area contributed by atoms with Crippen LogP contribution < -0.4 is 4.74 Å². The highest BCUT2D eigenvalue weighted by atomic mass is 19.4. The van der Waals surface area contributed by atoms with Crippen LogP contribution in [0.2, 0.25) is 0 Å². The third-order valence-electron chi connectivity index (χ3n) is 5.27. The second-order valence-electron chi connectivity index (χ2n) is 7.39. The van der Waals surface area contributed by atoms with Gasteiger partial charge in [0.25, 0.3) is 11.8 Å². The van der Waals surface area contributed by atoms with Crippen LogP contribution in [-0.4, -0.2) is 59.1 Å². The fourth-order valence-corrected chi connectivity index (χ4v) is 3.49. The minimum atomic E-state index is -4.48. The summed E-state index contributed by atoms with van der Waals surface area (Å²) in [6, 6.07) is 11.8. The summed E-state index contributed by atoms with van der Waals surface area (Å²) in [5, 5.41) is 4.02. The first-order valence-electron chi connectivity index (χ1n) is 9.99. The Bertz CT molecular complexity index is 1070. The van der Waals surface area contributed by atoms with Crippen molar-refractivity contribution >= 4 is 5.91 Å². The topological polar surface area (TPSA) is 71.7 Å². The molecule has 0 saturated carbocycles. The molecule has 3 aromatic rings. The molecule has 0 bridgehead atoms. The monoisotopic (exact) mass is 446 g/mol. The predicted octanol–water partition coefficient (Wildman–Crippen LogP) is 3.72. The molecule has 1 aliphatic rings. The predicted molar refractivity (Wildman–Crippen MR) is 109 cm³/mol. The molecule has 0 atom stereocenters. The molecular weight excluding hydrogens is 425 g/mol. The number of halogens is 3. The highest BCUT2D eigenvalue weighted by Crippen LogP contribution is 2.30. The van der Waals surface area contributed by atoms with E-state index in [1.165, 1.54) is 12.1 Å². The van der Waals surface area contributed by atoms with Gasteiger partial charge in [0.1, 0.15) is 5.75 Å². The summed E-state index contributed by atoms with van der Waals surface area (Å²) in [5.74, 6) is 1.25. The minimum Gasteiger partial charge on any atom is -0.497 e. The average Bonchev–Trinajstić information content (AvgIpc) is 3.27. The van der Waals surface area contributed by atoms with Crippen LogP contribution in [0.3, 0.4) is 0 Å². The van der Waals surface area contributed by atoms with E-state index in [-0.39, 0.29) is 5.56 Å². The van der Waals surface area contributed by atoms with Crippen LogP contribution in [0.25, 0.3) is 11.5 Å². The van der Waals surface area contributed by atoms with Crippen molar-refractivity contribution in [1.29, 1.82) is 0 Å². The molecule has 1 aliphatic heterocycles. The molecule has 168 valence electrons. The van der Waals surface area contributed by atoms with Gasteiger partial charge in [0.2, 0.25) is 0 Å². The molecule has 1 amide bonds. The fourth-order valence-electron chi connectivity index (χ4n) is 3.49. The van der Waals surface area contributed by atoms with E-state index < -0.39 is 17.6 Å². The van der Waals surface area contributed by atoms with E-state index in [0.717, 1.165) is 23.4 Å². The molecule has 4 rings (SSSR count). The maximum Gasteiger partial charge on any atom is 0.416 e. The standard InChI is InChI=1S/C22H21F3N4O3/c1-31-18-7-5-15(6-8-18)20-26-19(27-32-20)14-28-9-11-29(12-10-28)21(30)16-3-2-4-17(13-16)22(23,24)25/h2-8,13H,9-12,14H2,1H3. The normalized spacial score (nSPS) is 15.1. The number of carbonyl (C=O) groups excluding carboxylic acids is 1. The van der Waals surface area contributed by atoms with E-state index in [2.05, 4.69) is 15.0 Å². The molecule has 0 spiro atoms. The van der Waals surface area contributed by atoms with Crippen LogP contribution in [0, 0.1) is 0 Å². The van der Waals surface area contributed by atoms with Gasteiger partial charge in [0.15, 0.2) is 5.82 Å². The zero-order chi connectivity index (χ0) is 22.7. The zero-order valence-corrected chi connectivity index (χ0v) is 17.3. The maximum absolute atomic E-state index is 12.9. The number of rotatable bonds is 5. The molecule has 0 aliphatic carbocycles. The second-order valence-corrected chi connectivity index (χ2v) is 7.39. The summed E-state index contributed by atoms with van der Waals surface area (Å²) in [6.07, 6.45) is -4.48. The number of carbonyl (C=O) groups is 1. The van der Waals surface area contributed by atoms with Crippen molar-refractivity contribution in [3.8, 4) is 17.2 Å². The summed E-state index contributed by atoms with van der Waals surface area (Å²) in [4.78, 5) is 20.7. The first-order chi connectivity index (χ1) is 15.3. The lowest BCUT2D eigenvalue weighted by molar-refractivity contribution is -0.137. The number of piperazine rings is 1. The fraction of sp³-hybridized carbons (Fsp3) is 0.318. The van der Waals surface area contributed by atoms with Crippen molar-refractivity contribution in [3.05, 3.63) is 65.5 Å². The Morgan fingerprint density at radius 1 is 1.09 bits per heavy atom. The molecule has 0 N–H and O–H groups in total. The Hall–Kier alpha value is -3.40. The molecule has 2 heterocycles. The number of alkyl halides is 3. The van der Waals surface area contributed by atoms with Crippen molar-refractivity contribution in [3.63, 3.8) is 0 Å². The number of nitrogens with zero attached hydrogens (tertiary/aromatic N) is 4. The molecule has 7 nitrogen and oxygen atoms in total. The van der Waals surface area contributed by atoms with Crippen LogP contribution in [0.4, 0.5) is 13.2 Å². The van der Waals surface area contributed by atoms with Crippen LogP contribution in [0.5, 0.6) is 5.75 Å². The van der Waals surface area contributed by atoms with Crippen LogP contribution >= 0.6 is 0 Å². The molecule has 1 saturated heterocycles. The smallest absolute Gasteiger partial charge is 0.416 e. The van der Waals surface area contributed by atoms with Gasteiger partial charge >= 0.3 is 6.18 Å². The first kappa shape index (κ1) is 21.8. The van der Waals surface area contributed by atoms with Gasteiger partial charge in [0.05, 0.1) is 19.2 Å². The molecule has 1 fully saturated rings. The quantitative estimate of drug-likeness (QED) is 0.595. The van der Waals surface area contributed by atoms with E-state index in [1.54, 1.807) is 24.1 Å². The molecule has 1 aromatic heterocycles. The van der Waals surface area contributed by atoms with Gasteiger partial charge in [0, 0.05) is 37.3 Å². The molecule has 2 aromatic carbocycles. The molecule has 0 unspecified atom stereocenters. The SMILES string of the molecule is COc1ccc(-c2nc(CN3CCN(C(=O)c4cccc(C(F)(F)F)c4)CC3)no2)cc1. The van der Waals surface area contributed by atoms with Gasteiger partial charge < -0.3 is 14.2 Å². The second kappa shape index (κ2) is 8.99. The van der Waals surface area contributed by atoms with Gasteiger partial charge in [-0.1, -0.05) is 11.2 Å². The van der Waals surface area contributed by atoms with Gasteiger partial charge in [-0.25, -0.2) is 0 Å². The minimum absolute atomic E-state index is 0.0376. The highest BCUT2D eigenvalue weighted by Gasteiger charge is 2.31. The summed E-state index contributed by atoms with van der Waals surface area (Å²) in [5.41, 5.74) is -0.0108. The molecule has 10 heteroatoms. The Morgan fingerprint density at radius 3 is 2.47 bits per heavy atom.